The molecule has 29 heavy (non-hydrogen) atoms. The maximum absolute atomic E-state index is 12.1. The second kappa shape index (κ2) is 12.4. The van der Waals surface area contributed by atoms with Gasteiger partial charge in [-0.3, -0.25) is 9.79 Å². The van der Waals surface area contributed by atoms with Crippen LogP contribution < -0.4 is 20.9 Å². The van der Waals surface area contributed by atoms with Gasteiger partial charge in [-0.05, 0) is 38.3 Å². The Morgan fingerprint density at radius 3 is 2.79 bits per heavy atom. The number of anilines is 1. The minimum absolute atomic E-state index is 0. The first-order valence-electron chi connectivity index (χ1n) is 10.4. The smallest absolute Gasteiger partial charge is 0.222 e. The third-order valence-corrected chi connectivity index (χ3v) is 5.54. The van der Waals surface area contributed by atoms with Crippen molar-refractivity contribution in [2.45, 2.75) is 57.5 Å². The average Bonchev–Trinajstić information content (AvgIpc) is 3.34. The highest BCUT2D eigenvalue weighted by molar-refractivity contribution is 14.0. The fourth-order valence-corrected chi connectivity index (χ4v) is 4.07. The van der Waals surface area contributed by atoms with Crippen LogP contribution in [0.2, 0.25) is 5.02 Å². The average molecular weight is 535 g/mol. The van der Waals surface area contributed by atoms with Gasteiger partial charge in [-0.15, -0.1) is 24.0 Å². The summed E-state index contributed by atoms with van der Waals surface area (Å²) < 4.78 is 0. The standard InChI is InChI=1S/C20H31ClN6O.HI/c1-2-22-20(24-12-9-18(28)25-15-6-3-4-7-15)26-16-10-13-27(14-16)19-17(21)8-5-11-23-19;/h5,8,11,15-16H,2-4,6-7,9-10,12-14H2,1H3,(H,25,28)(H2,22,24,26);1H. The number of amides is 1. The van der Waals surface area contributed by atoms with Crippen LogP contribution in [0.3, 0.4) is 0 Å². The number of carbonyl (C=O) groups is 1. The van der Waals surface area contributed by atoms with E-state index in [0.29, 0.717) is 24.0 Å². The summed E-state index contributed by atoms with van der Waals surface area (Å²) >= 11 is 6.27. The molecule has 2 fully saturated rings. The Morgan fingerprint density at radius 2 is 2.07 bits per heavy atom. The molecule has 1 saturated heterocycles. The van der Waals surface area contributed by atoms with Crippen molar-refractivity contribution in [3.63, 3.8) is 0 Å². The van der Waals surface area contributed by atoms with Crippen LogP contribution in [-0.2, 0) is 4.79 Å². The molecule has 1 saturated carbocycles. The van der Waals surface area contributed by atoms with E-state index >= 15 is 0 Å². The molecule has 1 atom stereocenters. The Labute approximate surface area is 195 Å². The molecule has 3 rings (SSSR count). The van der Waals surface area contributed by atoms with E-state index in [1.807, 2.05) is 19.1 Å². The summed E-state index contributed by atoms with van der Waals surface area (Å²) in [6.07, 6.45) is 7.84. The SMILES string of the molecule is CCNC(=NCCC(=O)NC1CCCC1)NC1CCN(c2ncccc2Cl)C1.I. The molecule has 9 heteroatoms. The van der Waals surface area contributed by atoms with Crippen molar-refractivity contribution >= 4 is 53.3 Å². The number of hydrogen-bond acceptors (Lipinski definition) is 4. The van der Waals surface area contributed by atoms with Gasteiger partial charge in [0.15, 0.2) is 5.96 Å². The molecule has 2 heterocycles. The van der Waals surface area contributed by atoms with Crippen molar-refractivity contribution in [3.8, 4) is 0 Å². The molecule has 1 aliphatic heterocycles. The fraction of sp³-hybridized carbons (Fsp3) is 0.650. The van der Waals surface area contributed by atoms with E-state index in [9.17, 15) is 4.79 Å². The predicted octanol–water partition coefficient (Wildman–Crippen LogP) is 2.94. The van der Waals surface area contributed by atoms with Gasteiger partial charge in [0.1, 0.15) is 5.82 Å². The number of hydrogen-bond donors (Lipinski definition) is 3. The normalized spacial score (nSPS) is 19.7. The molecule has 1 aromatic rings. The summed E-state index contributed by atoms with van der Waals surface area (Å²) in [4.78, 5) is 23.2. The van der Waals surface area contributed by atoms with Crippen LogP contribution >= 0.6 is 35.6 Å². The summed E-state index contributed by atoms with van der Waals surface area (Å²) in [7, 11) is 0. The zero-order chi connectivity index (χ0) is 19.8. The maximum Gasteiger partial charge on any atom is 0.222 e. The number of nitrogens with zero attached hydrogens (tertiary/aromatic N) is 3. The summed E-state index contributed by atoms with van der Waals surface area (Å²) in [6, 6.07) is 4.34. The second-order valence-electron chi connectivity index (χ2n) is 7.44. The third-order valence-electron chi connectivity index (χ3n) is 5.24. The minimum atomic E-state index is 0. The number of halogens is 2. The van der Waals surface area contributed by atoms with Gasteiger partial charge in [-0.25, -0.2) is 4.98 Å². The lowest BCUT2D eigenvalue weighted by Gasteiger charge is -2.20. The van der Waals surface area contributed by atoms with Gasteiger partial charge >= 0.3 is 0 Å². The Balaban J connectivity index is 0.00000300. The zero-order valence-corrected chi connectivity index (χ0v) is 20.1. The van der Waals surface area contributed by atoms with Crippen LogP contribution in [0.15, 0.2) is 23.3 Å². The molecule has 0 spiro atoms. The predicted molar refractivity (Wildman–Crippen MR) is 129 cm³/mol. The summed E-state index contributed by atoms with van der Waals surface area (Å²) in [5, 5.41) is 10.5. The fourth-order valence-electron chi connectivity index (χ4n) is 3.83. The molecule has 7 nitrogen and oxygen atoms in total. The molecular weight excluding hydrogens is 503 g/mol. The van der Waals surface area contributed by atoms with Gasteiger partial charge in [-0.2, -0.15) is 0 Å². The van der Waals surface area contributed by atoms with E-state index < -0.39 is 0 Å². The van der Waals surface area contributed by atoms with E-state index in [-0.39, 0.29) is 35.9 Å². The van der Waals surface area contributed by atoms with Crippen molar-refractivity contribution in [3.05, 3.63) is 23.4 Å². The van der Waals surface area contributed by atoms with Crippen LogP contribution in [0.5, 0.6) is 0 Å². The van der Waals surface area contributed by atoms with Crippen molar-refractivity contribution in [1.82, 2.24) is 20.9 Å². The quantitative estimate of drug-likeness (QED) is 0.285. The molecule has 0 aromatic carbocycles. The lowest BCUT2D eigenvalue weighted by atomic mass is 10.2. The Kier molecular flexibility index (Phi) is 10.3. The van der Waals surface area contributed by atoms with E-state index in [1.165, 1.54) is 12.8 Å². The lowest BCUT2D eigenvalue weighted by molar-refractivity contribution is -0.121. The number of guanidine groups is 1. The van der Waals surface area contributed by atoms with Crippen LogP contribution in [-0.4, -0.2) is 55.1 Å². The highest BCUT2D eigenvalue weighted by Gasteiger charge is 2.25. The highest BCUT2D eigenvalue weighted by atomic mass is 127. The monoisotopic (exact) mass is 534 g/mol. The molecule has 0 bridgehead atoms. The number of rotatable bonds is 7. The molecule has 1 amide bonds. The molecule has 3 N–H and O–H groups in total. The first kappa shape index (κ1) is 24.0. The molecule has 162 valence electrons. The zero-order valence-electron chi connectivity index (χ0n) is 17.0. The van der Waals surface area contributed by atoms with E-state index in [2.05, 4.69) is 30.8 Å². The van der Waals surface area contributed by atoms with E-state index in [1.54, 1.807) is 6.20 Å². The van der Waals surface area contributed by atoms with Crippen molar-refractivity contribution in [1.29, 1.82) is 0 Å². The summed E-state index contributed by atoms with van der Waals surface area (Å²) in [5.41, 5.74) is 0. The molecule has 0 radical (unpaired) electrons. The minimum Gasteiger partial charge on any atom is -0.357 e. The third kappa shape index (κ3) is 7.47. The van der Waals surface area contributed by atoms with Crippen LogP contribution in [0, 0.1) is 0 Å². The van der Waals surface area contributed by atoms with Crippen LogP contribution in [0.1, 0.15) is 45.4 Å². The van der Waals surface area contributed by atoms with Gasteiger partial charge in [-0.1, -0.05) is 24.4 Å². The van der Waals surface area contributed by atoms with Gasteiger partial charge in [0.05, 0.1) is 11.6 Å². The Morgan fingerprint density at radius 1 is 1.28 bits per heavy atom. The largest absolute Gasteiger partial charge is 0.357 e. The van der Waals surface area contributed by atoms with Crippen molar-refractivity contribution < 1.29 is 4.79 Å². The number of pyridine rings is 1. The van der Waals surface area contributed by atoms with Gasteiger partial charge in [0, 0.05) is 44.3 Å². The number of aliphatic imine (C=N–C) groups is 1. The van der Waals surface area contributed by atoms with E-state index in [0.717, 1.165) is 50.7 Å². The summed E-state index contributed by atoms with van der Waals surface area (Å²) in [5.74, 6) is 1.69. The van der Waals surface area contributed by atoms with E-state index in [4.69, 9.17) is 11.6 Å². The number of carbonyl (C=O) groups excluding carboxylic acids is 1. The van der Waals surface area contributed by atoms with Gasteiger partial charge in [0.25, 0.3) is 0 Å². The van der Waals surface area contributed by atoms with Gasteiger partial charge < -0.3 is 20.9 Å². The Hall–Kier alpha value is -1.29. The maximum atomic E-state index is 12.1. The second-order valence-corrected chi connectivity index (χ2v) is 7.85. The van der Waals surface area contributed by atoms with Crippen LogP contribution in [0.25, 0.3) is 0 Å². The summed E-state index contributed by atoms with van der Waals surface area (Å²) in [6.45, 7) is 5.03. The highest BCUT2D eigenvalue weighted by Crippen LogP contribution is 2.25. The van der Waals surface area contributed by atoms with Crippen molar-refractivity contribution in [2.24, 2.45) is 4.99 Å². The molecule has 2 aliphatic rings. The molecular formula is C20H32ClIN6O. The molecule has 1 aromatic heterocycles. The van der Waals surface area contributed by atoms with Gasteiger partial charge in [0.2, 0.25) is 5.91 Å². The molecule has 1 unspecified atom stereocenters. The Bertz CT molecular complexity index is 683. The first-order chi connectivity index (χ1) is 13.7. The number of aromatic nitrogens is 1. The first-order valence-corrected chi connectivity index (χ1v) is 10.7. The lowest BCUT2D eigenvalue weighted by Crippen LogP contribution is -2.45. The molecule has 1 aliphatic carbocycles. The number of nitrogens with one attached hydrogen (secondary N) is 3. The topological polar surface area (TPSA) is 81.6 Å². The van der Waals surface area contributed by atoms with Crippen LogP contribution in [0.4, 0.5) is 5.82 Å². The van der Waals surface area contributed by atoms with Crippen molar-refractivity contribution in [2.75, 3.05) is 31.1 Å².